The molecule has 0 aliphatic rings. The zero-order valence-electron chi connectivity index (χ0n) is 15.2. The standard InChI is InChI=1S/C20H20N2O5S/c1-2-26-17-10-8-15(9-11-17)20(23)22-16-5-3-7-19(13-16)28(24,25)21-14-18-6-4-12-27-18/h3-13,21H,2,14H2,1H3,(H,22,23). The third-order valence-corrected chi connectivity index (χ3v) is 5.25. The van der Waals surface area contributed by atoms with Crippen LogP contribution >= 0.6 is 0 Å². The predicted molar refractivity (Wildman–Crippen MR) is 105 cm³/mol. The topological polar surface area (TPSA) is 97.6 Å². The van der Waals surface area contributed by atoms with Gasteiger partial charge in [0.05, 0.1) is 24.3 Å². The van der Waals surface area contributed by atoms with Gasteiger partial charge in [0.25, 0.3) is 5.91 Å². The Balaban J connectivity index is 1.69. The number of rotatable bonds is 8. The minimum Gasteiger partial charge on any atom is -0.494 e. The molecule has 0 aliphatic heterocycles. The second-order valence-electron chi connectivity index (χ2n) is 5.84. The van der Waals surface area contributed by atoms with Crippen molar-refractivity contribution in [1.29, 1.82) is 0 Å². The fourth-order valence-corrected chi connectivity index (χ4v) is 3.51. The molecule has 0 spiro atoms. The molecule has 0 unspecified atom stereocenters. The average Bonchev–Trinajstić information content (AvgIpc) is 3.21. The summed E-state index contributed by atoms with van der Waals surface area (Å²) in [7, 11) is -3.75. The number of sulfonamides is 1. The molecule has 3 rings (SSSR count). The molecule has 2 aromatic carbocycles. The van der Waals surface area contributed by atoms with Gasteiger partial charge in [0.2, 0.25) is 10.0 Å². The minimum absolute atomic E-state index is 0.0398. The molecule has 1 aromatic heterocycles. The van der Waals surface area contributed by atoms with Gasteiger partial charge in [-0.1, -0.05) is 6.07 Å². The van der Waals surface area contributed by atoms with Crippen molar-refractivity contribution < 1.29 is 22.4 Å². The van der Waals surface area contributed by atoms with Crippen molar-refractivity contribution in [3.05, 3.63) is 78.3 Å². The summed E-state index contributed by atoms with van der Waals surface area (Å²) in [4.78, 5) is 12.4. The van der Waals surface area contributed by atoms with Gasteiger partial charge in [0.15, 0.2) is 0 Å². The molecular formula is C20H20N2O5S. The molecule has 0 saturated heterocycles. The second-order valence-corrected chi connectivity index (χ2v) is 7.61. The highest BCUT2D eigenvalue weighted by molar-refractivity contribution is 7.89. The van der Waals surface area contributed by atoms with Crippen LogP contribution in [0.4, 0.5) is 5.69 Å². The first-order chi connectivity index (χ1) is 13.5. The van der Waals surface area contributed by atoms with Gasteiger partial charge in [0.1, 0.15) is 11.5 Å². The summed E-state index contributed by atoms with van der Waals surface area (Å²) in [6.45, 7) is 2.46. The largest absolute Gasteiger partial charge is 0.494 e. The molecule has 28 heavy (non-hydrogen) atoms. The molecule has 2 N–H and O–H groups in total. The molecule has 0 bridgehead atoms. The molecule has 1 amide bonds. The third kappa shape index (κ3) is 4.99. The average molecular weight is 400 g/mol. The fraction of sp³-hybridized carbons (Fsp3) is 0.150. The van der Waals surface area contributed by atoms with Crippen LogP contribution in [0.2, 0.25) is 0 Å². The van der Waals surface area contributed by atoms with Crippen molar-refractivity contribution in [2.45, 2.75) is 18.4 Å². The molecule has 146 valence electrons. The number of carbonyl (C=O) groups excluding carboxylic acids is 1. The molecule has 7 nitrogen and oxygen atoms in total. The SMILES string of the molecule is CCOc1ccc(C(=O)Nc2cccc(S(=O)(=O)NCc3ccco3)c2)cc1. The van der Waals surface area contributed by atoms with Crippen LogP contribution in [-0.2, 0) is 16.6 Å². The Bertz CT molecular complexity index is 1030. The summed E-state index contributed by atoms with van der Waals surface area (Å²) in [6, 6.07) is 16.1. The summed E-state index contributed by atoms with van der Waals surface area (Å²) in [5, 5.41) is 2.70. The van der Waals surface area contributed by atoms with Gasteiger partial charge >= 0.3 is 0 Å². The number of carbonyl (C=O) groups is 1. The number of furan rings is 1. The fourth-order valence-electron chi connectivity index (χ4n) is 2.48. The van der Waals surface area contributed by atoms with Gasteiger partial charge in [-0.2, -0.15) is 0 Å². The maximum atomic E-state index is 12.5. The van der Waals surface area contributed by atoms with Crippen LogP contribution in [0.5, 0.6) is 5.75 Å². The minimum atomic E-state index is -3.75. The molecule has 0 fully saturated rings. The van der Waals surface area contributed by atoms with Gasteiger partial charge in [-0.05, 0) is 61.5 Å². The lowest BCUT2D eigenvalue weighted by Crippen LogP contribution is -2.23. The number of amides is 1. The van der Waals surface area contributed by atoms with Crippen LogP contribution in [-0.4, -0.2) is 20.9 Å². The lowest BCUT2D eigenvalue weighted by molar-refractivity contribution is 0.102. The smallest absolute Gasteiger partial charge is 0.255 e. The number of benzene rings is 2. The summed E-state index contributed by atoms with van der Waals surface area (Å²) < 4.78 is 37.8. The van der Waals surface area contributed by atoms with Crippen molar-refractivity contribution in [2.75, 3.05) is 11.9 Å². The highest BCUT2D eigenvalue weighted by Gasteiger charge is 2.16. The number of nitrogens with one attached hydrogen (secondary N) is 2. The highest BCUT2D eigenvalue weighted by atomic mass is 32.2. The number of anilines is 1. The zero-order valence-corrected chi connectivity index (χ0v) is 16.0. The van der Waals surface area contributed by atoms with Gasteiger partial charge in [-0.3, -0.25) is 4.79 Å². The van der Waals surface area contributed by atoms with Crippen molar-refractivity contribution in [2.24, 2.45) is 0 Å². The third-order valence-electron chi connectivity index (χ3n) is 3.85. The number of ether oxygens (including phenoxy) is 1. The normalized spacial score (nSPS) is 11.2. The summed E-state index contributed by atoms with van der Waals surface area (Å²) in [6.07, 6.45) is 1.47. The Hall–Kier alpha value is -3.10. The monoisotopic (exact) mass is 400 g/mol. The van der Waals surface area contributed by atoms with E-state index >= 15 is 0 Å². The van der Waals surface area contributed by atoms with E-state index in [0.717, 1.165) is 0 Å². The van der Waals surface area contributed by atoms with Crippen molar-refractivity contribution in [3.8, 4) is 5.75 Å². The Kier molecular flexibility index (Phi) is 6.13. The Morgan fingerprint density at radius 3 is 2.54 bits per heavy atom. The quantitative estimate of drug-likeness (QED) is 0.604. The van der Waals surface area contributed by atoms with Crippen LogP contribution in [0.15, 0.2) is 76.2 Å². The van der Waals surface area contributed by atoms with Crippen LogP contribution < -0.4 is 14.8 Å². The molecule has 8 heteroatoms. The summed E-state index contributed by atoms with van der Waals surface area (Å²) in [5.41, 5.74) is 0.812. The van der Waals surface area contributed by atoms with E-state index in [9.17, 15) is 13.2 Å². The maximum Gasteiger partial charge on any atom is 0.255 e. The molecule has 0 saturated carbocycles. The van der Waals surface area contributed by atoms with Crippen molar-refractivity contribution in [1.82, 2.24) is 4.72 Å². The molecule has 0 atom stereocenters. The molecular weight excluding hydrogens is 380 g/mol. The maximum absolute atomic E-state index is 12.5. The van der Waals surface area contributed by atoms with Crippen LogP contribution in [0.3, 0.4) is 0 Å². The number of hydrogen-bond acceptors (Lipinski definition) is 5. The van der Waals surface area contributed by atoms with E-state index in [1.165, 1.54) is 18.4 Å². The van der Waals surface area contributed by atoms with E-state index in [1.807, 2.05) is 6.92 Å². The van der Waals surface area contributed by atoms with E-state index in [4.69, 9.17) is 9.15 Å². The van der Waals surface area contributed by atoms with E-state index in [-0.39, 0.29) is 17.3 Å². The summed E-state index contributed by atoms with van der Waals surface area (Å²) >= 11 is 0. The summed E-state index contributed by atoms with van der Waals surface area (Å²) in [5.74, 6) is 0.833. The van der Waals surface area contributed by atoms with Crippen LogP contribution in [0.25, 0.3) is 0 Å². The molecule has 0 aliphatic carbocycles. The van der Waals surface area contributed by atoms with Gasteiger partial charge in [-0.15, -0.1) is 0 Å². The van der Waals surface area contributed by atoms with Crippen molar-refractivity contribution >= 4 is 21.6 Å². The van der Waals surface area contributed by atoms with E-state index in [2.05, 4.69) is 10.0 Å². The van der Waals surface area contributed by atoms with Crippen LogP contribution in [0.1, 0.15) is 23.0 Å². The highest BCUT2D eigenvalue weighted by Crippen LogP contribution is 2.18. The van der Waals surface area contributed by atoms with E-state index in [0.29, 0.717) is 29.4 Å². The first-order valence-corrected chi connectivity index (χ1v) is 10.1. The molecule has 1 heterocycles. The Labute approximate surface area is 163 Å². The Morgan fingerprint density at radius 2 is 1.86 bits per heavy atom. The Morgan fingerprint density at radius 1 is 1.07 bits per heavy atom. The number of hydrogen-bond donors (Lipinski definition) is 2. The van der Waals surface area contributed by atoms with Crippen LogP contribution in [0, 0.1) is 0 Å². The lowest BCUT2D eigenvalue weighted by Gasteiger charge is -2.09. The van der Waals surface area contributed by atoms with E-state index in [1.54, 1.807) is 48.5 Å². The van der Waals surface area contributed by atoms with Gasteiger partial charge in [-0.25, -0.2) is 13.1 Å². The molecule has 0 radical (unpaired) electrons. The van der Waals surface area contributed by atoms with E-state index < -0.39 is 10.0 Å². The lowest BCUT2D eigenvalue weighted by atomic mass is 10.2. The van der Waals surface area contributed by atoms with Gasteiger partial charge < -0.3 is 14.5 Å². The van der Waals surface area contributed by atoms with Crippen molar-refractivity contribution in [3.63, 3.8) is 0 Å². The molecule has 3 aromatic rings. The first kappa shape index (κ1) is 19.7. The first-order valence-electron chi connectivity index (χ1n) is 8.64. The van der Waals surface area contributed by atoms with Gasteiger partial charge in [0, 0.05) is 11.3 Å². The second kappa shape index (κ2) is 8.73. The predicted octanol–water partition coefficient (Wildman–Crippen LogP) is 3.41. The zero-order chi connectivity index (χ0) is 20.0.